The van der Waals surface area contributed by atoms with E-state index in [-0.39, 0.29) is 11.7 Å². The summed E-state index contributed by atoms with van der Waals surface area (Å²) < 4.78 is 18.8. The Morgan fingerprint density at radius 3 is 2.62 bits per heavy atom. The van der Waals surface area contributed by atoms with Crippen molar-refractivity contribution in [2.45, 2.75) is 0 Å². The molecule has 6 heteroatoms. The first-order chi connectivity index (χ1) is 7.66. The van der Waals surface area contributed by atoms with E-state index in [1.165, 1.54) is 12.1 Å². The maximum absolute atomic E-state index is 13.1. The van der Waals surface area contributed by atoms with Crippen LogP contribution in [0.25, 0.3) is 0 Å². The van der Waals surface area contributed by atoms with Crippen molar-refractivity contribution in [2.75, 3.05) is 5.73 Å². The van der Waals surface area contributed by atoms with Crippen molar-refractivity contribution in [2.24, 2.45) is 0 Å². The highest BCUT2D eigenvalue weighted by molar-refractivity contribution is 9.10. The number of hydrogen-bond acceptors (Lipinski definition) is 4. The highest BCUT2D eigenvalue weighted by Crippen LogP contribution is 2.31. The van der Waals surface area contributed by atoms with E-state index in [1.807, 2.05) is 0 Å². The van der Waals surface area contributed by atoms with Gasteiger partial charge in [-0.05, 0) is 28.1 Å². The molecule has 0 atom stereocenters. The standard InChI is InChI=1S/C10H7BrFN3O/c11-6-4-7(12)8(13)5-9(6)16-10-14-2-1-3-15-10/h1-5H,13H2. The lowest BCUT2D eigenvalue weighted by atomic mass is 10.3. The van der Waals surface area contributed by atoms with Crippen LogP contribution in [0.3, 0.4) is 0 Å². The Hall–Kier alpha value is -1.69. The number of nitrogens with two attached hydrogens (primary N) is 1. The SMILES string of the molecule is Nc1cc(Oc2ncccn2)c(Br)cc1F. The van der Waals surface area contributed by atoms with Crippen LogP contribution in [0.1, 0.15) is 0 Å². The summed E-state index contributed by atoms with van der Waals surface area (Å²) in [5, 5.41) is 0. The fourth-order valence-electron chi connectivity index (χ4n) is 1.06. The summed E-state index contributed by atoms with van der Waals surface area (Å²) in [6.07, 6.45) is 3.09. The van der Waals surface area contributed by atoms with E-state index in [1.54, 1.807) is 18.5 Å². The highest BCUT2D eigenvalue weighted by atomic mass is 79.9. The summed E-state index contributed by atoms with van der Waals surface area (Å²) in [6.45, 7) is 0. The second-order valence-corrected chi connectivity index (χ2v) is 3.79. The Kier molecular flexibility index (Phi) is 3.00. The van der Waals surface area contributed by atoms with E-state index in [9.17, 15) is 4.39 Å². The monoisotopic (exact) mass is 283 g/mol. The fourth-order valence-corrected chi connectivity index (χ4v) is 1.46. The first kappa shape index (κ1) is 10.8. The van der Waals surface area contributed by atoms with Gasteiger partial charge in [0, 0.05) is 18.5 Å². The smallest absolute Gasteiger partial charge is 0.321 e. The lowest BCUT2D eigenvalue weighted by Gasteiger charge is -2.06. The molecule has 0 radical (unpaired) electrons. The Balaban J connectivity index is 2.32. The minimum Gasteiger partial charge on any atom is -0.423 e. The lowest BCUT2D eigenvalue weighted by molar-refractivity contribution is 0.438. The van der Waals surface area contributed by atoms with E-state index in [2.05, 4.69) is 25.9 Å². The van der Waals surface area contributed by atoms with Crippen molar-refractivity contribution in [3.8, 4) is 11.8 Å². The third-order valence-electron chi connectivity index (χ3n) is 1.79. The predicted molar refractivity (Wildman–Crippen MR) is 60.6 cm³/mol. The molecule has 2 rings (SSSR count). The van der Waals surface area contributed by atoms with Gasteiger partial charge in [-0.2, -0.15) is 0 Å². The molecular weight excluding hydrogens is 277 g/mol. The van der Waals surface area contributed by atoms with Gasteiger partial charge < -0.3 is 10.5 Å². The average molecular weight is 284 g/mol. The first-order valence-corrected chi connectivity index (χ1v) is 5.15. The molecule has 0 aliphatic heterocycles. The number of benzene rings is 1. The molecule has 16 heavy (non-hydrogen) atoms. The minimum absolute atomic E-state index is 0.00845. The number of nitrogens with zero attached hydrogens (tertiary/aromatic N) is 2. The third kappa shape index (κ3) is 2.27. The first-order valence-electron chi connectivity index (χ1n) is 4.36. The topological polar surface area (TPSA) is 61.0 Å². The molecule has 0 bridgehead atoms. The van der Waals surface area contributed by atoms with E-state index in [0.717, 1.165) is 0 Å². The molecule has 2 N–H and O–H groups in total. The van der Waals surface area contributed by atoms with Crippen molar-refractivity contribution in [3.63, 3.8) is 0 Å². The molecule has 0 fully saturated rings. The number of nitrogen functional groups attached to an aromatic ring is 1. The lowest BCUT2D eigenvalue weighted by Crippen LogP contribution is -1.95. The van der Waals surface area contributed by atoms with Gasteiger partial charge in [0.1, 0.15) is 11.6 Å². The van der Waals surface area contributed by atoms with Crippen molar-refractivity contribution in [3.05, 3.63) is 40.9 Å². The van der Waals surface area contributed by atoms with Crippen LogP contribution >= 0.6 is 15.9 Å². The number of aromatic nitrogens is 2. The third-order valence-corrected chi connectivity index (χ3v) is 2.41. The van der Waals surface area contributed by atoms with Crippen molar-refractivity contribution < 1.29 is 9.13 Å². The molecule has 1 aromatic heterocycles. The second-order valence-electron chi connectivity index (χ2n) is 2.94. The van der Waals surface area contributed by atoms with Gasteiger partial charge in [-0.15, -0.1) is 0 Å². The highest BCUT2D eigenvalue weighted by Gasteiger charge is 2.08. The zero-order valence-corrected chi connectivity index (χ0v) is 9.61. The summed E-state index contributed by atoms with van der Waals surface area (Å²) in [6, 6.07) is 4.44. The van der Waals surface area contributed by atoms with Crippen molar-refractivity contribution in [1.29, 1.82) is 0 Å². The van der Waals surface area contributed by atoms with Gasteiger partial charge in [-0.3, -0.25) is 0 Å². The van der Waals surface area contributed by atoms with E-state index >= 15 is 0 Å². The van der Waals surface area contributed by atoms with Gasteiger partial charge in [0.05, 0.1) is 10.2 Å². The van der Waals surface area contributed by atoms with Crippen LogP contribution in [0.4, 0.5) is 10.1 Å². The number of anilines is 1. The molecule has 0 aliphatic rings. The predicted octanol–water partition coefficient (Wildman–Crippen LogP) is 2.75. The molecule has 2 aromatic rings. The maximum atomic E-state index is 13.1. The van der Waals surface area contributed by atoms with Gasteiger partial charge in [-0.1, -0.05) is 0 Å². The van der Waals surface area contributed by atoms with E-state index < -0.39 is 5.82 Å². The van der Waals surface area contributed by atoms with Crippen LogP contribution < -0.4 is 10.5 Å². The summed E-state index contributed by atoms with van der Waals surface area (Å²) in [7, 11) is 0. The molecule has 0 amide bonds. The van der Waals surface area contributed by atoms with Crippen molar-refractivity contribution in [1.82, 2.24) is 9.97 Å². The summed E-state index contributed by atoms with van der Waals surface area (Å²) in [5.74, 6) is -0.140. The van der Waals surface area contributed by atoms with Crippen LogP contribution in [0.15, 0.2) is 35.1 Å². The molecule has 82 valence electrons. The molecule has 4 nitrogen and oxygen atoms in total. The molecule has 0 saturated heterocycles. The van der Waals surface area contributed by atoms with Gasteiger partial charge in [-0.25, -0.2) is 14.4 Å². The average Bonchev–Trinajstić information content (AvgIpc) is 2.27. The minimum atomic E-state index is -0.506. The summed E-state index contributed by atoms with van der Waals surface area (Å²) in [5.41, 5.74) is 5.43. The quantitative estimate of drug-likeness (QED) is 0.861. The number of ether oxygens (including phenoxy) is 1. The second kappa shape index (κ2) is 4.44. The van der Waals surface area contributed by atoms with E-state index in [4.69, 9.17) is 10.5 Å². The van der Waals surface area contributed by atoms with Crippen LogP contribution in [-0.4, -0.2) is 9.97 Å². The van der Waals surface area contributed by atoms with Crippen molar-refractivity contribution >= 4 is 21.6 Å². The Bertz CT molecular complexity index is 507. The summed E-state index contributed by atoms with van der Waals surface area (Å²) in [4.78, 5) is 7.76. The molecule has 0 aliphatic carbocycles. The maximum Gasteiger partial charge on any atom is 0.321 e. The zero-order valence-electron chi connectivity index (χ0n) is 8.02. The Labute approximate surface area is 99.4 Å². The largest absolute Gasteiger partial charge is 0.423 e. The normalized spacial score (nSPS) is 10.1. The number of rotatable bonds is 2. The van der Waals surface area contributed by atoms with E-state index in [0.29, 0.717) is 10.2 Å². The fraction of sp³-hybridized carbons (Fsp3) is 0. The van der Waals surface area contributed by atoms with Crippen LogP contribution in [0.5, 0.6) is 11.8 Å². The number of halogens is 2. The Morgan fingerprint density at radius 1 is 1.25 bits per heavy atom. The van der Waals surface area contributed by atoms with Gasteiger partial charge in [0.2, 0.25) is 0 Å². The van der Waals surface area contributed by atoms with Crippen LogP contribution in [0.2, 0.25) is 0 Å². The summed E-state index contributed by atoms with van der Waals surface area (Å²) >= 11 is 3.16. The Morgan fingerprint density at radius 2 is 1.94 bits per heavy atom. The van der Waals surface area contributed by atoms with Gasteiger partial charge in [0.15, 0.2) is 0 Å². The number of hydrogen-bond donors (Lipinski definition) is 1. The molecule has 1 heterocycles. The molecular formula is C10H7BrFN3O. The molecule has 1 aromatic carbocycles. The molecule has 0 spiro atoms. The van der Waals surface area contributed by atoms with Gasteiger partial charge >= 0.3 is 6.01 Å². The van der Waals surface area contributed by atoms with Crippen LogP contribution in [0, 0.1) is 5.82 Å². The molecule has 0 saturated carbocycles. The zero-order chi connectivity index (χ0) is 11.5. The van der Waals surface area contributed by atoms with Crippen LogP contribution in [-0.2, 0) is 0 Å². The molecule has 0 unspecified atom stereocenters. The van der Waals surface area contributed by atoms with Gasteiger partial charge in [0.25, 0.3) is 0 Å².